The summed E-state index contributed by atoms with van der Waals surface area (Å²) in [4.78, 5) is 14.8. The second-order valence-electron chi connectivity index (χ2n) is 6.85. The molecule has 2 N–H and O–H groups in total. The Morgan fingerprint density at radius 3 is 2.28 bits per heavy atom. The highest BCUT2D eigenvalue weighted by molar-refractivity contribution is 5.79. The van der Waals surface area contributed by atoms with Gasteiger partial charge in [0.05, 0.1) is 0 Å². The van der Waals surface area contributed by atoms with E-state index in [2.05, 4.69) is 25.7 Å². The summed E-state index contributed by atoms with van der Waals surface area (Å²) < 4.78 is 0. The van der Waals surface area contributed by atoms with Crippen LogP contribution in [-0.2, 0) is 4.79 Å². The lowest BCUT2D eigenvalue weighted by Crippen LogP contribution is -2.48. The fourth-order valence-electron chi connectivity index (χ4n) is 3.78. The fraction of sp³-hybridized carbons (Fsp3) is 0.933. The standard InChI is InChI=1S/C15H28N2O/c1-10-6-11(2)9-17(8-10)15(18)14-7-13(16)5-4-12(14)3/h10-14H,4-9,16H2,1-3H3. The summed E-state index contributed by atoms with van der Waals surface area (Å²) in [7, 11) is 0. The number of nitrogens with two attached hydrogens (primary N) is 1. The summed E-state index contributed by atoms with van der Waals surface area (Å²) >= 11 is 0. The van der Waals surface area contributed by atoms with Crippen molar-refractivity contribution in [3.05, 3.63) is 0 Å². The number of carbonyl (C=O) groups excluding carboxylic acids is 1. The van der Waals surface area contributed by atoms with Gasteiger partial charge in [0.2, 0.25) is 5.91 Å². The normalized spacial score (nSPS) is 41.8. The van der Waals surface area contributed by atoms with Crippen molar-refractivity contribution in [2.24, 2.45) is 29.4 Å². The van der Waals surface area contributed by atoms with Gasteiger partial charge in [-0.25, -0.2) is 0 Å². The molecular formula is C15H28N2O. The van der Waals surface area contributed by atoms with Crippen LogP contribution in [0.5, 0.6) is 0 Å². The second-order valence-corrected chi connectivity index (χ2v) is 6.85. The summed E-state index contributed by atoms with van der Waals surface area (Å²) in [5, 5.41) is 0. The first kappa shape index (κ1) is 13.9. The van der Waals surface area contributed by atoms with Crippen molar-refractivity contribution in [2.75, 3.05) is 13.1 Å². The molecule has 1 saturated heterocycles. The first-order valence-corrected chi connectivity index (χ1v) is 7.51. The molecule has 18 heavy (non-hydrogen) atoms. The minimum Gasteiger partial charge on any atom is -0.342 e. The molecule has 104 valence electrons. The van der Waals surface area contributed by atoms with E-state index in [0.717, 1.165) is 32.4 Å². The number of nitrogens with zero attached hydrogens (tertiary/aromatic N) is 1. The summed E-state index contributed by atoms with van der Waals surface area (Å²) in [5.74, 6) is 2.34. The molecule has 0 bridgehead atoms. The number of piperidine rings is 1. The minimum absolute atomic E-state index is 0.172. The number of likely N-dealkylation sites (tertiary alicyclic amines) is 1. The van der Waals surface area contributed by atoms with E-state index in [-0.39, 0.29) is 12.0 Å². The molecule has 2 fully saturated rings. The zero-order valence-electron chi connectivity index (χ0n) is 12.1. The molecule has 0 spiro atoms. The number of amides is 1. The van der Waals surface area contributed by atoms with Gasteiger partial charge in [0, 0.05) is 25.0 Å². The topological polar surface area (TPSA) is 46.3 Å². The largest absolute Gasteiger partial charge is 0.342 e. The first-order chi connectivity index (χ1) is 8.47. The van der Waals surface area contributed by atoms with Crippen LogP contribution in [0.15, 0.2) is 0 Å². The summed E-state index contributed by atoms with van der Waals surface area (Å²) in [6, 6.07) is 0.231. The number of hydrogen-bond donors (Lipinski definition) is 1. The highest BCUT2D eigenvalue weighted by Gasteiger charge is 2.36. The van der Waals surface area contributed by atoms with Crippen molar-refractivity contribution in [1.29, 1.82) is 0 Å². The SMILES string of the molecule is CC1CC(C)CN(C(=O)C2CC(N)CCC2C)C1. The average molecular weight is 252 g/mol. The van der Waals surface area contributed by atoms with Crippen LogP contribution < -0.4 is 5.73 Å². The van der Waals surface area contributed by atoms with E-state index in [1.54, 1.807) is 0 Å². The van der Waals surface area contributed by atoms with Crippen molar-refractivity contribution < 1.29 is 4.79 Å². The Morgan fingerprint density at radius 2 is 1.67 bits per heavy atom. The van der Waals surface area contributed by atoms with E-state index in [9.17, 15) is 4.79 Å². The highest BCUT2D eigenvalue weighted by atomic mass is 16.2. The summed E-state index contributed by atoms with van der Waals surface area (Å²) in [6.07, 6.45) is 4.33. The first-order valence-electron chi connectivity index (χ1n) is 7.51. The van der Waals surface area contributed by atoms with Gasteiger partial charge in [-0.05, 0) is 43.4 Å². The monoisotopic (exact) mass is 252 g/mol. The zero-order chi connectivity index (χ0) is 13.3. The van der Waals surface area contributed by atoms with Gasteiger partial charge in [-0.2, -0.15) is 0 Å². The third-order valence-electron chi connectivity index (χ3n) is 4.73. The number of rotatable bonds is 1. The molecular weight excluding hydrogens is 224 g/mol. The van der Waals surface area contributed by atoms with Crippen molar-refractivity contribution in [3.63, 3.8) is 0 Å². The quantitative estimate of drug-likeness (QED) is 0.778. The molecule has 1 saturated carbocycles. The van der Waals surface area contributed by atoms with Gasteiger partial charge < -0.3 is 10.6 Å². The van der Waals surface area contributed by atoms with E-state index in [1.807, 2.05) is 0 Å². The van der Waals surface area contributed by atoms with Crippen LogP contribution in [0.25, 0.3) is 0 Å². The predicted molar refractivity (Wildman–Crippen MR) is 74.0 cm³/mol. The van der Waals surface area contributed by atoms with Gasteiger partial charge in [-0.1, -0.05) is 20.8 Å². The molecule has 2 rings (SSSR count). The molecule has 1 amide bonds. The minimum atomic E-state index is 0.172. The zero-order valence-corrected chi connectivity index (χ0v) is 12.1. The van der Waals surface area contributed by atoms with Crippen LogP contribution in [0.4, 0.5) is 0 Å². The van der Waals surface area contributed by atoms with Gasteiger partial charge >= 0.3 is 0 Å². The van der Waals surface area contributed by atoms with Crippen LogP contribution in [0, 0.1) is 23.7 Å². The number of carbonyl (C=O) groups is 1. The van der Waals surface area contributed by atoms with Crippen molar-refractivity contribution in [2.45, 2.75) is 52.5 Å². The fourth-order valence-corrected chi connectivity index (χ4v) is 3.78. The third-order valence-corrected chi connectivity index (χ3v) is 4.73. The van der Waals surface area contributed by atoms with E-state index in [4.69, 9.17) is 5.73 Å². The van der Waals surface area contributed by atoms with Crippen LogP contribution >= 0.6 is 0 Å². The van der Waals surface area contributed by atoms with Gasteiger partial charge in [0.15, 0.2) is 0 Å². The van der Waals surface area contributed by atoms with Gasteiger partial charge in [-0.15, -0.1) is 0 Å². The van der Waals surface area contributed by atoms with Crippen LogP contribution in [0.2, 0.25) is 0 Å². The molecule has 5 unspecified atom stereocenters. The van der Waals surface area contributed by atoms with E-state index in [1.165, 1.54) is 6.42 Å². The maximum absolute atomic E-state index is 12.7. The summed E-state index contributed by atoms with van der Waals surface area (Å²) in [5.41, 5.74) is 6.04. The summed E-state index contributed by atoms with van der Waals surface area (Å²) in [6.45, 7) is 8.62. The van der Waals surface area contributed by atoms with E-state index in [0.29, 0.717) is 23.7 Å². The predicted octanol–water partition coefficient (Wildman–Crippen LogP) is 2.25. The average Bonchev–Trinajstić information content (AvgIpc) is 2.30. The Morgan fingerprint density at radius 1 is 1.06 bits per heavy atom. The molecule has 1 heterocycles. The molecule has 3 heteroatoms. The molecule has 0 radical (unpaired) electrons. The highest BCUT2D eigenvalue weighted by Crippen LogP contribution is 2.32. The maximum atomic E-state index is 12.7. The molecule has 0 aromatic carbocycles. The van der Waals surface area contributed by atoms with Gasteiger partial charge in [0.1, 0.15) is 0 Å². The third kappa shape index (κ3) is 3.05. The molecule has 0 aromatic rings. The second kappa shape index (κ2) is 5.60. The molecule has 3 nitrogen and oxygen atoms in total. The van der Waals surface area contributed by atoms with Gasteiger partial charge in [-0.3, -0.25) is 4.79 Å². The van der Waals surface area contributed by atoms with Gasteiger partial charge in [0.25, 0.3) is 0 Å². The molecule has 0 aromatic heterocycles. The van der Waals surface area contributed by atoms with Crippen LogP contribution in [0.1, 0.15) is 46.5 Å². The van der Waals surface area contributed by atoms with E-state index >= 15 is 0 Å². The van der Waals surface area contributed by atoms with Crippen molar-refractivity contribution >= 4 is 5.91 Å². The molecule has 2 aliphatic rings. The maximum Gasteiger partial charge on any atom is 0.226 e. The Bertz CT molecular complexity index is 295. The Labute approximate surface area is 111 Å². The Kier molecular flexibility index (Phi) is 4.31. The molecule has 1 aliphatic heterocycles. The van der Waals surface area contributed by atoms with Crippen molar-refractivity contribution in [3.8, 4) is 0 Å². The van der Waals surface area contributed by atoms with Crippen LogP contribution in [0.3, 0.4) is 0 Å². The Balaban J connectivity index is 2.01. The lowest BCUT2D eigenvalue weighted by atomic mass is 9.77. The lowest BCUT2D eigenvalue weighted by Gasteiger charge is -2.40. The Hall–Kier alpha value is -0.570. The lowest BCUT2D eigenvalue weighted by molar-refractivity contribution is -0.141. The smallest absolute Gasteiger partial charge is 0.226 e. The van der Waals surface area contributed by atoms with E-state index < -0.39 is 0 Å². The number of hydrogen-bond acceptors (Lipinski definition) is 2. The van der Waals surface area contributed by atoms with Crippen LogP contribution in [-0.4, -0.2) is 29.9 Å². The van der Waals surface area contributed by atoms with Crippen molar-refractivity contribution in [1.82, 2.24) is 4.90 Å². The molecule has 1 aliphatic carbocycles. The molecule has 5 atom stereocenters.